The molecule has 3 aromatic heterocycles. The maximum atomic E-state index is 12.4. The normalized spacial score (nSPS) is 14.9. The van der Waals surface area contributed by atoms with Gasteiger partial charge in [0.2, 0.25) is 0 Å². The molecule has 7 heteroatoms. The minimum Gasteiger partial charge on any atom is -0.479 e. The summed E-state index contributed by atoms with van der Waals surface area (Å²) in [5.74, 6) is -0.155. The Morgan fingerprint density at radius 1 is 1.22 bits per heavy atom. The quantitative estimate of drug-likeness (QED) is 0.546. The van der Waals surface area contributed by atoms with E-state index in [2.05, 4.69) is 4.98 Å². The van der Waals surface area contributed by atoms with Crippen LogP contribution in [0.15, 0.2) is 18.3 Å². The largest absolute Gasteiger partial charge is 0.479 e. The molecule has 1 atom stereocenters. The average Bonchev–Trinajstić information content (AvgIpc) is 3.08. The Morgan fingerprint density at radius 2 is 1.94 bits per heavy atom. The maximum Gasteiger partial charge on any atom is 0.337 e. The van der Waals surface area contributed by atoms with Gasteiger partial charge in [-0.1, -0.05) is 0 Å². The number of anilines is 1. The lowest BCUT2D eigenvalue weighted by atomic mass is 9.88. The lowest BCUT2D eigenvalue weighted by molar-refractivity contribution is -0.160. The van der Waals surface area contributed by atoms with E-state index in [0.717, 1.165) is 46.4 Å². The van der Waals surface area contributed by atoms with E-state index in [1.807, 2.05) is 65.0 Å². The summed E-state index contributed by atoms with van der Waals surface area (Å²) in [6, 6.07) is 4.00. The van der Waals surface area contributed by atoms with E-state index in [1.54, 1.807) is 11.3 Å². The molecule has 0 unspecified atom stereocenters. The zero-order valence-corrected chi connectivity index (χ0v) is 20.5. The molecule has 32 heavy (non-hydrogen) atoms. The van der Waals surface area contributed by atoms with Gasteiger partial charge in [0.05, 0.1) is 5.60 Å². The van der Waals surface area contributed by atoms with Crippen LogP contribution in [0, 0.1) is 6.92 Å². The SMILES string of the molecule is Cc1nc2sc3c(c2c(-c2ccc(N(C)C)nc2)c1[C@H](OC(C)(C)C)C(=O)O)CCCC3. The number of carboxylic acids is 1. The molecule has 0 saturated carbocycles. The number of aromatic nitrogens is 2. The Bertz CT molecular complexity index is 1160. The summed E-state index contributed by atoms with van der Waals surface area (Å²) >= 11 is 1.74. The average molecular weight is 454 g/mol. The first-order valence-corrected chi connectivity index (χ1v) is 11.9. The van der Waals surface area contributed by atoms with Gasteiger partial charge >= 0.3 is 5.97 Å². The molecule has 1 N–H and O–H groups in total. The van der Waals surface area contributed by atoms with E-state index in [4.69, 9.17) is 9.72 Å². The van der Waals surface area contributed by atoms with Gasteiger partial charge in [0.1, 0.15) is 10.6 Å². The van der Waals surface area contributed by atoms with Gasteiger partial charge in [0.25, 0.3) is 0 Å². The molecule has 6 nitrogen and oxygen atoms in total. The first kappa shape index (κ1) is 22.7. The van der Waals surface area contributed by atoms with Gasteiger partial charge in [-0.05, 0) is 71.1 Å². The minimum absolute atomic E-state index is 0.622. The van der Waals surface area contributed by atoms with Crippen LogP contribution in [0.3, 0.4) is 0 Å². The van der Waals surface area contributed by atoms with Crippen LogP contribution in [0.4, 0.5) is 5.82 Å². The molecule has 0 fully saturated rings. The zero-order chi connectivity index (χ0) is 23.2. The Morgan fingerprint density at radius 3 is 2.53 bits per heavy atom. The fraction of sp³-hybridized carbons (Fsp3) is 0.480. The van der Waals surface area contributed by atoms with E-state index in [9.17, 15) is 9.90 Å². The second-order valence-electron chi connectivity index (χ2n) is 9.62. The molecule has 3 heterocycles. The molecular weight excluding hydrogens is 422 g/mol. The molecule has 0 bridgehead atoms. The fourth-order valence-corrected chi connectivity index (χ4v) is 5.74. The third kappa shape index (κ3) is 4.24. The van der Waals surface area contributed by atoms with Gasteiger partial charge in [-0.15, -0.1) is 11.3 Å². The molecule has 3 aromatic rings. The van der Waals surface area contributed by atoms with Gasteiger partial charge in [-0.25, -0.2) is 14.8 Å². The van der Waals surface area contributed by atoms with Crippen LogP contribution in [-0.4, -0.2) is 40.7 Å². The summed E-state index contributed by atoms with van der Waals surface area (Å²) in [7, 11) is 3.91. The molecule has 0 amide bonds. The van der Waals surface area contributed by atoms with Crippen molar-refractivity contribution in [3.05, 3.63) is 40.0 Å². The topological polar surface area (TPSA) is 75.5 Å². The molecule has 0 aromatic carbocycles. The van der Waals surface area contributed by atoms with E-state index < -0.39 is 17.7 Å². The predicted molar refractivity (Wildman–Crippen MR) is 130 cm³/mol. The van der Waals surface area contributed by atoms with Crippen molar-refractivity contribution in [2.24, 2.45) is 0 Å². The molecule has 0 spiro atoms. The highest BCUT2D eigenvalue weighted by Gasteiger charge is 2.34. The highest BCUT2D eigenvalue weighted by atomic mass is 32.1. The second-order valence-corrected chi connectivity index (χ2v) is 10.7. The number of carboxylic acid groups (broad SMARTS) is 1. The zero-order valence-electron chi connectivity index (χ0n) is 19.7. The van der Waals surface area contributed by atoms with Crippen LogP contribution in [0.5, 0.6) is 0 Å². The van der Waals surface area contributed by atoms with Gasteiger partial charge in [0, 0.05) is 52.9 Å². The lowest BCUT2D eigenvalue weighted by Gasteiger charge is -2.28. The Kier molecular flexibility index (Phi) is 5.98. The highest BCUT2D eigenvalue weighted by Crippen LogP contribution is 2.45. The standard InChI is InChI=1S/C25H31N3O3S/c1-14-19(22(24(29)30)31-25(2,3)4)20(15-11-12-18(26-13-15)28(5)6)21-16-9-7-8-10-17(16)32-23(21)27-14/h11-13,22H,7-10H2,1-6H3,(H,29,30)/t22-/m0/s1. The highest BCUT2D eigenvalue weighted by molar-refractivity contribution is 7.19. The summed E-state index contributed by atoms with van der Waals surface area (Å²) in [4.78, 5) is 26.3. The number of rotatable bonds is 5. The molecule has 4 rings (SSSR count). The van der Waals surface area contributed by atoms with E-state index in [1.165, 1.54) is 16.9 Å². The Hall–Kier alpha value is -2.51. The number of hydrogen-bond donors (Lipinski definition) is 1. The molecule has 0 saturated heterocycles. The van der Waals surface area contributed by atoms with Crippen LogP contribution < -0.4 is 4.90 Å². The Labute approximate surface area is 193 Å². The van der Waals surface area contributed by atoms with E-state index >= 15 is 0 Å². The number of thiophene rings is 1. The van der Waals surface area contributed by atoms with E-state index in [-0.39, 0.29) is 0 Å². The second kappa shape index (κ2) is 8.45. The van der Waals surface area contributed by atoms with Crippen molar-refractivity contribution in [3.63, 3.8) is 0 Å². The molecular formula is C25H31N3O3S. The number of nitrogens with zero attached hydrogens (tertiary/aromatic N) is 3. The third-order valence-corrected chi connectivity index (χ3v) is 6.97. The van der Waals surface area contributed by atoms with Crippen LogP contribution in [-0.2, 0) is 22.4 Å². The smallest absolute Gasteiger partial charge is 0.337 e. The lowest BCUT2D eigenvalue weighted by Crippen LogP contribution is -2.28. The van der Waals surface area contributed by atoms with Gasteiger partial charge in [-0.3, -0.25) is 0 Å². The number of hydrogen-bond acceptors (Lipinski definition) is 6. The van der Waals surface area contributed by atoms with Crippen molar-refractivity contribution < 1.29 is 14.6 Å². The number of aliphatic carboxylic acids is 1. The number of pyridine rings is 2. The summed E-state index contributed by atoms with van der Waals surface area (Å²) in [6.07, 6.45) is 5.10. The molecule has 0 radical (unpaired) electrons. The third-order valence-electron chi connectivity index (χ3n) is 5.78. The van der Waals surface area contributed by atoms with Crippen molar-refractivity contribution >= 4 is 33.3 Å². The van der Waals surface area contributed by atoms with Crippen molar-refractivity contribution in [2.75, 3.05) is 19.0 Å². The van der Waals surface area contributed by atoms with Gasteiger partial charge in [0.15, 0.2) is 6.10 Å². The van der Waals surface area contributed by atoms with Gasteiger partial charge in [-0.2, -0.15) is 0 Å². The molecule has 170 valence electrons. The monoisotopic (exact) mass is 453 g/mol. The minimum atomic E-state index is -1.12. The molecule has 0 aliphatic heterocycles. The number of aryl methyl sites for hydroxylation is 3. The van der Waals surface area contributed by atoms with Crippen molar-refractivity contribution in [1.29, 1.82) is 0 Å². The predicted octanol–water partition coefficient (Wildman–Crippen LogP) is 5.55. The molecule has 1 aliphatic carbocycles. The first-order chi connectivity index (χ1) is 15.1. The van der Waals surface area contributed by atoms with Crippen LogP contribution in [0.2, 0.25) is 0 Å². The number of fused-ring (bicyclic) bond motifs is 3. The Balaban J connectivity index is 2.05. The van der Waals surface area contributed by atoms with Crippen LogP contribution in [0.25, 0.3) is 21.3 Å². The molecule has 1 aliphatic rings. The van der Waals surface area contributed by atoms with Gasteiger partial charge < -0.3 is 14.7 Å². The summed E-state index contributed by atoms with van der Waals surface area (Å²) in [6.45, 7) is 7.53. The van der Waals surface area contributed by atoms with Crippen molar-refractivity contribution in [3.8, 4) is 11.1 Å². The number of ether oxygens (including phenoxy) is 1. The van der Waals surface area contributed by atoms with Crippen molar-refractivity contribution in [1.82, 2.24) is 9.97 Å². The first-order valence-electron chi connectivity index (χ1n) is 11.1. The van der Waals surface area contributed by atoms with Crippen LogP contribution >= 0.6 is 11.3 Å². The number of carbonyl (C=O) groups is 1. The fourth-order valence-electron chi connectivity index (χ4n) is 4.42. The van der Waals surface area contributed by atoms with Crippen LogP contribution in [0.1, 0.15) is 61.4 Å². The van der Waals surface area contributed by atoms with E-state index in [0.29, 0.717) is 11.3 Å². The van der Waals surface area contributed by atoms with Crippen molar-refractivity contribution in [2.45, 2.75) is 65.1 Å². The maximum absolute atomic E-state index is 12.4. The summed E-state index contributed by atoms with van der Waals surface area (Å²) in [5.41, 5.74) is 3.82. The summed E-state index contributed by atoms with van der Waals surface area (Å²) < 4.78 is 6.10. The summed E-state index contributed by atoms with van der Waals surface area (Å²) in [5, 5.41) is 11.3.